The van der Waals surface area contributed by atoms with E-state index in [4.69, 9.17) is 11.6 Å². The Balaban J connectivity index is 0.00000210. The van der Waals surface area contributed by atoms with Crippen molar-refractivity contribution in [3.8, 4) is 0 Å². The predicted molar refractivity (Wildman–Crippen MR) is 108 cm³/mol. The van der Waals surface area contributed by atoms with Gasteiger partial charge in [-0.05, 0) is 43.4 Å². The first-order valence-electron chi connectivity index (χ1n) is 9.73. The Hall–Kier alpha value is -1.30. The second-order valence-electron chi connectivity index (χ2n) is 7.66. The maximum absolute atomic E-state index is 13.3. The number of amides is 2. The molecule has 0 aromatic heterocycles. The molecule has 3 unspecified atom stereocenters. The molecule has 1 saturated carbocycles. The molecule has 3 atom stereocenters. The van der Waals surface area contributed by atoms with E-state index in [1.807, 2.05) is 9.80 Å². The molecule has 0 spiro atoms. The maximum Gasteiger partial charge on any atom is 0.254 e. The van der Waals surface area contributed by atoms with Crippen LogP contribution in [0.3, 0.4) is 0 Å². The summed E-state index contributed by atoms with van der Waals surface area (Å²) in [5.41, 5.74) is 0.585. The molecule has 1 N–H and O–H groups in total. The van der Waals surface area contributed by atoms with Crippen molar-refractivity contribution in [1.29, 1.82) is 0 Å². The fraction of sp³-hybridized carbons (Fsp3) is 0.600. The first-order chi connectivity index (χ1) is 12.6. The van der Waals surface area contributed by atoms with Gasteiger partial charge in [0.15, 0.2) is 0 Å². The van der Waals surface area contributed by atoms with Gasteiger partial charge < -0.3 is 15.1 Å². The minimum Gasteiger partial charge on any atom is -0.338 e. The van der Waals surface area contributed by atoms with Crippen LogP contribution >= 0.6 is 24.0 Å². The zero-order chi connectivity index (χ0) is 18.1. The smallest absolute Gasteiger partial charge is 0.254 e. The van der Waals surface area contributed by atoms with Crippen LogP contribution in [0.5, 0.6) is 0 Å². The summed E-state index contributed by atoms with van der Waals surface area (Å²) in [4.78, 5) is 30.4. The van der Waals surface area contributed by atoms with E-state index >= 15 is 0 Å². The number of carbonyl (C=O) groups excluding carboxylic acids is 2. The molecule has 1 aliphatic carbocycles. The molecule has 3 aliphatic rings. The van der Waals surface area contributed by atoms with Crippen LogP contribution in [0.1, 0.15) is 42.5 Å². The van der Waals surface area contributed by atoms with Crippen molar-refractivity contribution >= 4 is 35.8 Å². The molecular weight excluding hydrogens is 385 g/mol. The number of nitrogens with one attached hydrogen (secondary N) is 1. The van der Waals surface area contributed by atoms with Gasteiger partial charge >= 0.3 is 0 Å². The summed E-state index contributed by atoms with van der Waals surface area (Å²) in [6.07, 6.45) is 5.27. The highest BCUT2D eigenvalue weighted by atomic mass is 35.5. The highest BCUT2D eigenvalue weighted by Gasteiger charge is 2.48. The molecule has 2 amide bonds. The third-order valence-electron chi connectivity index (χ3n) is 6.11. The number of nitrogens with zero attached hydrogens (tertiary/aromatic N) is 2. The average Bonchev–Trinajstić information content (AvgIpc) is 3.07. The van der Waals surface area contributed by atoms with Crippen LogP contribution < -0.4 is 5.32 Å². The molecule has 3 fully saturated rings. The molecule has 2 heterocycles. The number of likely N-dealkylation sites (tertiary alicyclic amines) is 1. The molecule has 2 aliphatic heterocycles. The summed E-state index contributed by atoms with van der Waals surface area (Å²) < 4.78 is 0. The van der Waals surface area contributed by atoms with E-state index in [0.29, 0.717) is 16.5 Å². The van der Waals surface area contributed by atoms with Gasteiger partial charge in [-0.25, -0.2) is 0 Å². The highest BCUT2D eigenvalue weighted by Crippen LogP contribution is 2.41. The molecule has 2 saturated heterocycles. The van der Waals surface area contributed by atoms with E-state index in [0.717, 1.165) is 51.9 Å². The molecule has 5 nitrogen and oxygen atoms in total. The topological polar surface area (TPSA) is 52.7 Å². The lowest BCUT2D eigenvalue weighted by Crippen LogP contribution is -2.54. The van der Waals surface area contributed by atoms with E-state index < -0.39 is 0 Å². The second-order valence-corrected chi connectivity index (χ2v) is 8.10. The Bertz CT molecular complexity index is 694. The van der Waals surface area contributed by atoms with Crippen molar-refractivity contribution in [2.24, 2.45) is 5.92 Å². The number of halogens is 2. The van der Waals surface area contributed by atoms with Gasteiger partial charge in [-0.1, -0.05) is 30.5 Å². The molecule has 7 heteroatoms. The normalized spacial score (nSPS) is 27.7. The van der Waals surface area contributed by atoms with Gasteiger partial charge in [0.2, 0.25) is 5.91 Å². The number of hydrogen-bond acceptors (Lipinski definition) is 3. The lowest BCUT2D eigenvalue weighted by molar-refractivity contribution is -0.136. The van der Waals surface area contributed by atoms with Crippen LogP contribution in [0.25, 0.3) is 0 Å². The summed E-state index contributed by atoms with van der Waals surface area (Å²) in [6, 6.07) is 6.95. The number of carbonyl (C=O) groups is 2. The van der Waals surface area contributed by atoms with Gasteiger partial charge in [-0.3, -0.25) is 9.59 Å². The van der Waals surface area contributed by atoms with E-state index in [2.05, 4.69) is 5.32 Å². The van der Waals surface area contributed by atoms with E-state index in [9.17, 15) is 9.59 Å². The van der Waals surface area contributed by atoms with E-state index in [-0.39, 0.29) is 36.3 Å². The molecule has 0 bridgehead atoms. The van der Waals surface area contributed by atoms with Gasteiger partial charge in [-0.2, -0.15) is 0 Å². The highest BCUT2D eigenvalue weighted by molar-refractivity contribution is 6.31. The summed E-state index contributed by atoms with van der Waals surface area (Å²) in [5, 5.41) is 3.84. The summed E-state index contributed by atoms with van der Waals surface area (Å²) in [5.74, 6) is 0.524. The quantitative estimate of drug-likeness (QED) is 0.813. The van der Waals surface area contributed by atoms with Crippen molar-refractivity contribution in [3.63, 3.8) is 0 Å². The van der Waals surface area contributed by atoms with Crippen LogP contribution in [-0.4, -0.2) is 59.9 Å². The van der Waals surface area contributed by atoms with Crippen molar-refractivity contribution in [3.05, 3.63) is 34.9 Å². The first-order valence-corrected chi connectivity index (χ1v) is 10.1. The fourth-order valence-corrected chi connectivity index (χ4v) is 5.03. The standard InChI is InChI=1S/C20H26ClN3O2.ClH/c21-16-6-3-5-15(12-16)19(25)24-17-7-2-1-4-14(17)13-18(24)20(26)23-10-8-22-9-11-23;/h3,5-6,12,14,17-18,22H,1-2,4,7-11,13H2;1H. The molecule has 1 aromatic rings. The predicted octanol–water partition coefficient (Wildman–Crippen LogP) is 2.97. The van der Waals surface area contributed by atoms with Crippen LogP contribution in [0.4, 0.5) is 0 Å². The fourth-order valence-electron chi connectivity index (χ4n) is 4.84. The second kappa shape index (κ2) is 8.80. The Labute approximate surface area is 171 Å². The number of hydrogen-bond donors (Lipinski definition) is 1. The maximum atomic E-state index is 13.3. The van der Waals surface area contributed by atoms with Gasteiger partial charge in [0.05, 0.1) is 0 Å². The van der Waals surface area contributed by atoms with Gasteiger partial charge in [-0.15, -0.1) is 12.4 Å². The van der Waals surface area contributed by atoms with Crippen LogP contribution in [0.2, 0.25) is 5.02 Å². The number of piperazine rings is 1. The molecule has 148 valence electrons. The van der Waals surface area contributed by atoms with Crippen molar-refractivity contribution in [2.75, 3.05) is 26.2 Å². The molecular formula is C20H27Cl2N3O2. The number of benzene rings is 1. The summed E-state index contributed by atoms with van der Waals surface area (Å²) >= 11 is 6.10. The zero-order valence-electron chi connectivity index (χ0n) is 15.4. The molecule has 0 radical (unpaired) electrons. The third-order valence-corrected chi connectivity index (χ3v) is 6.34. The van der Waals surface area contributed by atoms with Crippen LogP contribution in [0, 0.1) is 5.92 Å². The molecule has 4 rings (SSSR count). The number of fused-ring (bicyclic) bond motifs is 1. The van der Waals surface area contributed by atoms with Crippen molar-refractivity contribution in [1.82, 2.24) is 15.1 Å². The monoisotopic (exact) mass is 411 g/mol. The Morgan fingerprint density at radius 3 is 2.59 bits per heavy atom. The SMILES string of the molecule is Cl.O=C(C1CC2CCCCC2N1C(=O)c1cccc(Cl)c1)N1CCNCC1. The average molecular weight is 412 g/mol. The first kappa shape index (κ1) is 20.4. The lowest BCUT2D eigenvalue weighted by atomic mass is 9.84. The Morgan fingerprint density at radius 2 is 1.85 bits per heavy atom. The van der Waals surface area contributed by atoms with Crippen LogP contribution in [0.15, 0.2) is 24.3 Å². The minimum absolute atomic E-state index is 0. The number of rotatable bonds is 2. The largest absolute Gasteiger partial charge is 0.338 e. The summed E-state index contributed by atoms with van der Waals surface area (Å²) in [7, 11) is 0. The van der Waals surface area contributed by atoms with Gasteiger partial charge in [0.25, 0.3) is 5.91 Å². The minimum atomic E-state index is -0.326. The lowest BCUT2D eigenvalue weighted by Gasteiger charge is -2.36. The van der Waals surface area contributed by atoms with Gasteiger partial charge in [0, 0.05) is 42.8 Å². The zero-order valence-corrected chi connectivity index (χ0v) is 17.0. The summed E-state index contributed by atoms with van der Waals surface area (Å²) in [6.45, 7) is 3.11. The van der Waals surface area contributed by atoms with Gasteiger partial charge in [0.1, 0.15) is 6.04 Å². The molecule has 27 heavy (non-hydrogen) atoms. The molecule has 1 aromatic carbocycles. The van der Waals surface area contributed by atoms with Crippen molar-refractivity contribution in [2.45, 2.75) is 44.2 Å². The third kappa shape index (κ3) is 4.10. The van der Waals surface area contributed by atoms with E-state index in [1.54, 1.807) is 24.3 Å². The van der Waals surface area contributed by atoms with Crippen molar-refractivity contribution < 1.29 is 9.59 Å². The van der Waals surface area contributed by atoms with E-state index in [1.165, 1.54) is 6.42 Å². The van der Waals surface area contributed by atoms with Crippen LogP contribution in [-0.2, 0) is 4.79 Å². The Morgan fingerprint density at radius 1 is 1.11 bits per heavy atom. The Kier molecular flexibility index (Phi) is 6.66.